The number of carbonyl (C=O) groups is 1. The number of para-hydroxylation sites is 1. The molecule has 3 rings (SSSR count). The maximum Gasteiger partial charge on any atom is 0.246 e. The fourth-order valence-electron chi connectivity index (χ4n) is 2.39. The Balaban J connectivity index is 1.85. The molecular weight excluding hydrogens is 368 g/mol. The SMILES string of the molecule is Cc1nn(CC(=O)Nc2c(F)cc(F)cc2Br)c2ccccc12. The van der Waals surface area contributed by atoms with Crippen LogP contribution >= 0.6 is 15.9 Å². The molecule has 0 radical (unpaired) electrons. The van der Waals surface area contributed by atoms with Crippen LogP contribution in [0, 0.1) is 18.6 Å². The monoisotopic (exact) mass is 379 g/mol. The Morgan fingerprint density at radius 2 is 2.04 bits per heavy atom. The van der Waals surface area contributed by atoms with Crippen LogP contribution in [-0.4, -0.2) is 15.7 Å². The number of benzene rings is 2. The van der Waals surface area contributed by atoms with E-state index < -0.39 is 17.5 Å². The zero-order valence-corrected chi connectivity index (χ0v) is 13.7. The predicted octanol–water partition coefficient (Wildman–Crippen LogP) is 4.02. The van der Waals surface area contributed by atoms with Gasteiger partial charge in [0.05, 0.1) is 16.9 Å². The highest BCUT2D eigenvalue weighted by molar-refractivity contribution is 9.10. The Kier molecular flexibility index (Phi) is 4.12. The number of aromatic nitrogens is 2. The molecule has 0 saturated carbocycles. The lowest BCUT2D eigenvalue weighted by Crippen LogP contribution is -2.20. The summed E-state index contributed by atoms with van der Waals surface area (Å²) in [5.41, 5.74) is 1.53. The van der Waals surface area contributed by atoms with Crippen molar-refractivity contribution >= 4 is 38.4 Å². The van der Waals surface area contributed by atoms with Gasteiger partial charge < -0.3 is 5.32 Å². The van der Waals surface area contributed by atoms with Crippen molar-refractivity contribution in [2.45, 2.75) is 13.5 Å². The third-order valence-electron chi connectivity index (χ3n) is 3.41. The van der Waals surface area contributed by atoms with Gasteiger partial charge in [-0.05, 0) is 35.0 Å². The van der Waals surface area contributed by atoms with E-state index in [-0.39, 0.29) is 16.7 Å². The predicted molar refractivity (Wildman–Crippen MR) is 87.2 cm³/mol. The molecule has 0 saturated heterocycles. The number of fused-ring (bicyclic) bond motifs is 1. The van der Waals surface area contributed by atoms with Gasteiger partial charge in [-0.2, -0.15) is 5.10 Å². The normalized spacial score (nSPS) is 11.0. The second-order valence-corrected chi connectivity index (χ2v) is 5.91. The lowest BCUT2D eigenvalue weighted by Gasteiger charge is -2.09. The summed E-state index contributed by atoms with van der Waals surface area (Å²) in [5.74, 6) is -2.02. The molecule has 2 aromatic carbocycles. The summed E-state index contributed by atoms with van der Waals surface area (Å²) in [6, 6.07) is 9.33. The highest BCUT2D eigenvalue weighted by Crippen LogP contribution is 2.27. The van der Waals surface area contributed by atoms with Crippen LogP contribution in [0.25, 0.3) is 10.9 Å². The summed E-state index contributed by atoms with van der Waals surface area (Å²) in [6.07, 6.45) is 0. The first-order valence-electron chi connectivity index (χ1n) is 6.82. The summed E-state index contributed by atoms with van der Waals surface area (Å²) in [5, 5.41) is 7.71. The van der Waals surface area contributed by atoms with Crippen LogP contribution < -0.4 is 5.32 Å². The zero-order chi connectivity index (χ0) is 16.6. The number of carbonyl (C=O) groups excluding carboxylic acids is 1. The fraction of sp³-hybridized carbons (Fsp3) is 0.125. The average molecular weight is 380 g/mol. The third-order valence-corrected chi connectivity index (χ3v) is 4.03. The molecule has 0 spiro atoms. The summed E-state index contributed by atoms with van der Waals surface area (Å²) in [6.45, 7) is 1.78. The van der Waals surface area contributed by atoms with Gasteiger partial charge in [0, 0.05) is 15.9 Å². The minimum absolute atomic E-state index is 0.0718. The maximum absolute atomic E-state index is 13.8. The lowest BCUT2D eigenvalue weighted by molar-refractivity contribution is -0.116. The smallest absolute Gasteiger partial charge is 0.246 e. The number of nitrogens with one attached hydrogen (secondary N) is 1. The van der Waals surface area contributed by atoms with E-state index >= 15 is 0 Å². The van der Waals surface area contributed by atoms with Crippen molar-refractivity contribution in [3.05, 3.63) is 58.2 Å². The molecule has 0 aliphatic heterocycles. The standard InChI is InChI=1S/C16H12BrF2N3O/c1-9-11-4-2-3-5-14(11)22(21-9)8-15(23)20-16-12(17)6-10(18)7-13(16)19/h2-7H,8H2,1H3,(H,20,23). The van der Waals surface area contributed by atoms with Gasteiger partial charge in [-0.25, -0.2) is 8.78 Å². The molecule has 23 heavy (non-hydrogen) atoms. The van der Waals surface area contributed by atoms with Crippen LogP contribution in [0.3, 0.4) is 0 Å². The average Bonchev–Trinajstić information content (AvgIpc) is 2.80. The van der Waals surface area contributed by atoms with Crippen LogP contribution in [0.5, 0.6) is 0 Å². The van der Waals surface area contributed by atoms with Crippen LogP contribution in [0.4, 0.5) is 14.5 Å². The van der Waals surface area contributed by atoms with Gasteiger partial charge in [-0.1, -0.05) is 18.2 Å². The van der Waals surface area contributed by atoms with Gasteiger partial charge in [0.2, 0.25) is 5.91 Å². The number of aryl methyl sites for hydroxylation is 1. The quantitative estimate of drug-likeness (QED) is 0.746. The molecule has 0 aliphatic rings. The van der Waals surface area contributed by atoms with E-state index in [4.69, 9.17) is 0 Å². The van der Waals surface area contributed by atoms with Crippen molar-refractivity contribution in [2.24, 2.45) is 0 Å². The van der Waals surface area contributed by atoms with Gasteiger partial charge in [0.1, 0.15) is 12.4 Å². The first kappa shape index (κ1) is 15.6. The van der Waals surface area contributed by atoms with Gasteiger partial charge in [0.15, 0.2) is 5.82 Å². The summed E-state index contributed by atoms with van der Waals surface area (Å²) in [4.78, 5) is 12.2. The largest absolute Gasteiger partial charge is 0.321 e. The van der Waals surface area contributed by atoms with E-state index in [9.17, 15) is 13.6 Å². The minimum Gasteiger partial charge on any atom is -0.321 e. The van der Waals surface area contributed by atoms with Crippen LogP contribution in [0.15, 0.2) is 40.9 Å². The number of nitrogens with zero attached hydrogens (tertiary/aromatic N) is 2. The van der Waals surface area contributed by atoms with Crippen LogP contribution in [0.2, 0.25) is 0 Å². The number of amides is 1. The summed E-state index contributed by atoms with van der Waals surface area (Å²) in [7, 11) is 0. The van der Waals surface area contributed by atoms with Crippen LogP contribution in [0.1, 0.15) is 5.69 Å². The van der Waals surface area contributed by atoms with E-state index in [1.807, 2.05) is 31.2 Å². The molecule has 1 N–H and O–H groups in total. The van der Waals surface area contributed by atoms with Gasteiger partial charge in [-0.3, -0.25) is 9.48 Å². The van der Waals surface area contributed by atoms with Gasteiger partial charge in [0.25, 0.3) is 0 Å². The van der Waals surface area contributed by atoms with E-state index in [0.717, 1.165) is 22.7 Å². The summed E-state index contributed by atoms with van der Waals surface area (Å²) < 4.78 is 28.5. The van der Waals surface area contributed by atoms with Gasteiger partial charge >= 0.3 is 0 Å². The Hall–Kier alpha value is -2.28. The number of halogens is 3. The van der Waals surface area contributed by atoms with Crippen molar-refractivity contribution in [1.82, 2.24) is 9.78 Å². The zero-order valence-electron chi connectivity index (χ0n) is 12.1. The molecule has 1 aromatic heterocycles. The molecule has 7 heteroatoms. The minimum atomic E-state index is -0.841. The van der Waals surface area contributed by atoms with Crippen molar-refractivity contribution in [2.75, 3.05) is 5.32 Å². The number of hydrogen-bond acceptors (Lipinski definition) is 2. The van der Waals surface area contributed by atoms with E-state index in [2.05, 4.69) is 26.3 Å². The Bertz CT molecular complexity index is 884. The number of anilines is 1. The first-order valence-corrected chi connectivity index (χ1v) is 7.61. The van der Waals surface area contributed by atoms with Crippen molar-refractivity contribution in [1.29, 1.82) is 0 Å². The van der Waals surface area contributed by atoms with E-state index in [1.54, 1.807) is 4.68 Å². The number of hydrogen-bond donors (Lipinski definition) is 1. The van der Waals surface area contributed by atoms with Crippen molar-refractivity contribution in [3.63, 3.8) is 0 Å². The molecule has 4 nitrogen and oxygen atoms in total. The van der Waals surface area contributed by atoms with Gasteiger partial charge in [-0.15, -0.1) is 0 Å². The molecule has 3 aromatic rings. The number of rotatable bonds is 3. The van der Waals surface area contributed by atoms with E-state index in [1.165, 1.54) is 0 Å². The van der Waals surface area contributed by atoms with Crippen molar-refractivity contribution in [3.8, 4) is 0 Å². The molecule has 1 amide bonds. The lowest BCUT2D eigenvalue weighted by atomic mass is 10.2. The molecule has 0 unspecified atom stereocenters. The molecule has 0 fully saturated rings. The van der Waals surface area contributed by atoms with E-state index in [0.29, 0.717) is 6.07 Å². The first-order chi connectivity index (χ1) is 11.0. The molecular formula is C16H12BrF2N3O. The molecule has 0 aliphatic carbocycles. The molecule has 1 heterocycles. The molecule has 0 atom stereocenters. The second kappa shape index (κ2) is 6.08. The Labute approximate surface area is 139 Å². The Morgan fingerprint density at radius 3 is 2.78 bits per heavy atom. The highest BCUT2D eigenvalue weighted by Gasteiger charge is 2.15. The van der Waals surface area contributed by atoms with Crippen molar-refractivity contribution < 1.29 is 13.6 Å². The third kappa shape index (κ3) is 3.10. The highest BCUT2D eigenvalue weighted by atomic mass is 79.9. The summed E-state index contributed by atoms with van der Waals surface area (Å²) >= 11 is 3.04. The molecule has 118 valence electrons. The second-order valence-electron chi connectivity index (χ2n) is 5.05. The Morgan fingerprint density at radius 1 is 1.30 bits per heavy atom. The topological polar surface area (TPSA) is 46.9 Å². The molecule has 0 bridgehead atoms. The fourth-order valence-corrected chi connectivity index (χ4v) is 2.90. The van der Waals surface area contributed by atoms with Crippen LogP contribution in [-0.2, 0) is 11.3 Å². The maximum atomic E-state index is 13.8.